The molecule has 2 rings (SSSR count). The summed E-state index contributed by atoms with van der Waals surface area (Å²) in [5.74, 6) is 0. The molecule has 0 radical (unpaired) electrons. The van der Waals surface area contributed by atoms with Crippen molar-refractivity contribution < 1.29 is 0 Å². The van der Waals surface area contributed by atoms with Crippen LogP contribution in [0.15, 0.2) is 35.9 Å². The molecule has 0 spiro atoms. The molecular formula is C16H24N2. The highest BCUT2D eigenvalue weighted by atomic mass is 15.1. The van der Waals surface area contributed by atoms with E-state index in [0.717, 1.165) is 26.2 Å². The maximum absolute atomic E-state index is 3.35. The molecule has 0 unspecified atom stereocenters. The van der Waals surface area contributed by atoms with E-state index < -0.39 is 0 Å². The molecule has 1 heterocycles. The Balaban J connectivity index is 1.86. The zero-order valence-corrected chi connectivity index (χ0v) is 11.6. The molecule has 0 atom stereocenters. The van der Waals surface area contributed by atoms with E-state index in [2.05, 4.69) is 54.4 Å². The Hall–Kier alpha value is -1.12. The van der Waals surface area contributed by atoms with Gasteiger partial charge in [0.1, 0.15) is 0 Å². The van der Waals surface area contributed by atoms with Gasteiger partial charge in [0.25, 0.3) is 0 Å². The summed E-state index contributed by atoms with van der Waals surface area (Å²) >= 11 is 0. The fourth-order valence-electron chi connectivity index (χ4n) is 2.25. The predicted molar refractivity (Wildman–Crippen MR) is 77.5 cm³/mol. The van der Waals surface area contributed by atoms with Crippen LogP contribution in [-0.2, 0) is 13.1 Å². The van der Waals surface area contributed by atoms with E-state index in [1.165, 1.54) is 29.7 Å². The van der Waals surface area contributed by atoms with Crippen molar-refractivity contribution in [2.75, 3.05) is 19.6 Å². The molecule has 0 saturated carbocycles. The highest BCUT2D eigenvalue weighted by Crippen LogP contribution is 2.13. The zero-order valence-electron chi connectivity index (χ0n) is 11.6. The van der Waals surface area contributed by atoms with Gasteiger partial charge in [-0.2, -0.15) is 0 Å². The van der Waals surface area contributed by atoms with E-state index in [1.54, 1.807) is 0 Å². The summed E-state index contributed by atoms with van der Waals surface area (Å²) in [6.07, 6.45) is 3.57. The third-order valence-electron chi connectivity index (χ3n) is 3.53. The summed E-state index contributed by atoms with van der Waals surface area (Å²) in [7, 11) is 0. The lowest BCUT2D eigenvalue weighted by Crippen LogP contribution is -2.27. The summed E-state index contributed by atoms with van der Waals surface area (Å²) in [5, 5.41) is 3.35. The first-order valence-electron chi connectivity index (χ1n) is 6.94. The average Bonchev–Trinajstić information content (AvgIpc) is 2.41. The van der Waals surface area contributed by atoms with Crippen molar-refractivity contribution in [3.63, 3.8) is 0 Å². The molecule has 1 N–H and O–H groups in total. The molecule has 2 heteroatoms. The maximum atomic E-state index is 3.35. The minimum Gasteiger partial charge on any atom is -0.313 e. The maximum Gasteiger partial charge on any atom is 0.0237 e. The number of hydrogen-bond donors (Lipinski definition) is 1. The Morgan fingerprint density at radius 3 is 2.50 bits per heavy atom. The van der Waals surface area contributed by atoms with Crippen LogP contribution >= 0.6 is 0 Å². The van der Waals surface area contributed by atoms with E-state index >= 15 is 0 Å². The summed E-state index contributed by atoms with van der Waals surface area (Å²) in [5.41, 5.74) is 4.32. The first kappa shape index (κ1) is 13.3. The van der Waals surface area contributed by atoms with Crippen LogP contribution in [-0.4, -0.2) is 24.5 Å². The largest absolute Gasteiger partial charge is 0.313 e. The van der Waals surface area contributed by atoms with Crippen LogP contribution in [0.5, 0.6) is 0 Å². The molecule has 0 bridgehead atoms. The van der Waals surface area contributed by atoms with Crippen LogP contribution in [0.25, 0.3) is 0 Å². The van der Waals surface area contributed by atoms with Crippen molar-refractivity contribution in [3.8, 4) is 0 Å². The highest BCUT2D eigenvalue weighted by Gasteiger charge is 2.09. The lowest BCUT2D eigenvalue weighted by molar-refractivity contribution is 0.286. The second-order valence-corrected chi connectivity index (χ2v) is 5.13. The molecule has 1 aliphatic heterocycles. The molecule has 0 aromatic heterocycles. The molecule has 0 amide bonds. The van der Waals surface area contributed by atoms with E-state index in [9.17, 15) is 0 Å². The Bertz CT molecular complexity index is 392. The number of rotatable bonds is 5. The number of hydrogen-bond acceptors (Lipinski definition) is 2. The second kappa shape index (κ2) is 6.72. The van der Waals surface area contributed by atoms with Crippen molar-refractivity contribution in [2.24, 2.45) is 0 Å². The third-order valence-corrected chi connectivity index (χ3v) is 3.53. The topological polar surface area (TPSA) is 15.3 Å². The van der Waals surface area contributed by atoms with Crippen molar-refractivity contribution in [1.82, 2.24) is 10.2 Å². The van der Waals surface area contributed by atoms with Crippen molar-refractivity contribution in [3.05, 3.63) is 47.0 Å². The lowest BCUT2D eigenvalue weighted by Gasteiger charge is -2.25. The van der Waals surface area contributed by atoms with Crippen molar-refractivity contribution >= 4 is 0 Å². The number of nitrogens with one attached hydrogen (secondary N) is 1. The Morgan fingerprint density at radius 1 is 1.17 bits per heavy atom. The molecule has 1 aliphatic rings. The highest BCUT2D eigenvalue weighted by molar-refractivity contribution is 5.22. The van der Waals surface area contributed by atoms with Crippen LogP contribution in [0.1, 0.15) is 31.4 Å². The Kier molecular flexibility index (Phi) is 4.97. The Labute approximate surface area is 111 Å². The number of nitrogens with zero attached hydrogens (tertiary/aromatic N) is 1. The predicted octanol–water partition coefficient (Wildman–Crippen LogP) is 2.95. The van der Waals surface area contributed by atoms with E-state index in [1.807, 2.05) is 0 Å². The third kappa shape index (κ3) is 3.97. The summed E-state index contributed by atoms with van der Waals surface area (Å²) in [4.78, 5) is 2.51. The summed E-state index contributed by atoms with van der Waals surface area (Å²) < 4.78 is 0. The van der Waals surface area contributed by atoms with Crippen LogP contribution in [0, 0.1) is 0 Å². The van der Waals surface area contributed by atoms with E-state index in [4.69, 9.17) is 0 Å². The van der Waals surface area contributed by atoms with Gasteiger partial charge < -0.3 is 5.32 Å². The van der Waals surface area contributed by atoms with Gasteiger partial charge in [-0.15, -0.1) is 0 Å². The van der Waals surface area contributed by atoms with Gasteiger partial charge in [0.2, 0.25) is 0 Å². The first-order valence-corrected chi connectivity index (χ1v) is 6.94. The van der Waals surface area contributed by atoms with Gasteiger partial charge in [-0.25, -0.2) is 0 Å². The molecule has 0 fully saturated rings. The Morgan fingerprint density at radius 2 is 1.89 bits per heavy atom. The van der Waals surface area contributed by atoms with Gasteiger partial charge in [-0.1, -0.05) is 42.8 Å². The van der Waals surface area contributed by atoms with E-state index in [0.29, 0.717) is 0 Å². The van der Waals surface area contributed by atoms with Gasteiger partial charge in [0.15, 0.2) is 0 Å². The van der Waals surface area contributed by atoms with Crippen LogP contribution in [0.4, 0.5) is 0 Å². The summed E-state index contributed by atoms with van der Waals surface area (Å²) in [6.45, 7) is 9.74. The first-order chi connectivity index (χ1) is 8.78. The number of benzene rings is 1. The van der Waals surface area contributed by atoms with Crippen molar-refractivity contribution in [2.45, 2.75) is 33.4 Å². The van der Waals surface area contributed by atoms with Gasteiger partial charge >= 0.3 is 0 Å². The van der Waals surface area contributed by atoms with E-state index in [-0.39, 0.29) is 0 Å². The van der Waals surface area contributed by atoms with Gasteiger partial charge in [-0.3, -0.25) is 4.90 Å². The molecule has 18 heavy (non-hydrogen) atoms. The van der Waals surface area contributed by atoms with Gasteiger partial charge in [-0.05, 0) is 31.0 Å². The quantitative estimate of drug-likeness (QED) is 0.801. The van der Waals surface area contributed by atoms with Gasteiger partial charge in [0.05, 0.1) is 0 Å². The molecule has 98 valence electrons. The molecule has 0 saturated heterocycles. The normalized spacial score (nSPS) is 16.7. The molecule has 1 aromatic carbocycles. The minimum atomic E-state index is 0.975. The van der Waals surface area contributed by atoms with Gasteiger partial charge in [0, 0.05) is 26.2 Å². The van der Waals surface area contributed by atoms with Crippen LogP contribution in [0.3, 0.4) is 0 Å². The molecular weight excluding hydrogens is 220 g/mol. The monoisotopic (exact) mass is 244 g/mol. The smallest absolute Gasteiger partial charge is 0.0237 e. The summed E-state index contributed by atoms with van der Waals surface area (Å²) in [6, 6.07) is 9.00. The van der Waals surface area contributed by atoms with Crippen LogP contribution < -0.4 is 5.32 Å². The standard InChI is InChI=1S/C16H24N2/c1-3-17-12-15-4-6-16(7-5-15)13-18-10-8-14(2)9-11-18/h4-8,17H,3,9-13H2,1-2H3. The SMILES string of the molecule is CCNCc1ccc(CN2CC=C(C)CC2)cc1. The fraction of sp³-hybridized carbons (Fsp3) is 0.500. The fourth-order valence-corrected chi connectivity index (χ4v) is 2.25. The average molecular weight is 244 g/mol. The lowest BCUT2D eigenvalue weighted by atomic mass is 10.1. The van der Waals surface area contributed by atoms with Crippen molar-refractivity contribution in [1.29, 1.82) is 0 Å². The molecule has 0 aliphatic carbocycles. The molecule has 1 aromatic rings. The van der Waals surface area contributed by atoms with Crippen LogP contribution in [0.2, 0.25) is 0 Å². The minimum absolute atomic E-state index is 0.975. The molecule has 2 nitrogen and oxygen atoms in total. The second-order valence-electron chi connectivity index (χ2n) is 5.13. The zero-order chi connectivity index (χ0) is 12.8.